The maximum absolute atomic E-state index is 11.8. The summed E-state index contributed by atoms with van der Waals surface area (Å²) in [5, 5.41) is 10.1. The third-order valence-electron chi connectivity index (χ3n) is 2.81. The number of aliphatic hydroxyl groups excluding tert-OH is 1. The van der Waals surface area contributed by atoms with Crippen molar-refractivity contribution >= 4 is 11.0 Å². The minimum Gasteiger partial charge on any atom is -0.497 e. The molecule has 1 heterocycles. The summed E-state index contributed by atoms with van der Waals surface area (Å²) in [5.74, 6) is 1.05. The number of fused-ring (bicyclic) bond motifs is 1. The number of methoxy groups -OCH3 is 2. The van der Waals surface area contributed by atoms with Crippen molar-refractivity contribution in [3.05, 3.63) is 34.2 Å². The van der Waals surface area contributed by atoms with Gasteiger partial charge in [0.2, 0.25) is 0 Å². The van der Waals surface area contributed by atoms with Crippen molar-refractivity contribution in [1.29, 1.82) is 0 Å². The minimum absolute atomic E-state index is 0.248. The summed E-state index contributed by atoms with van der Waals surface area (Å²) in [5.41, 5.74) is 0.345. The summed E-state index contributed by atoms with van der Waals surface area (Å²) in [6.45, 7) is 1.62. The fourth-order valence-corrected chi connectivity index (χ4v) is 1.95. The van der Waals surface area contributed by atoms with Crippen LogP contribution in [-0.4, -0.2) is 25.4 Å². The molecule has 2 rings (SSSR count). The maximum atomic E-state index is 11.8. The van der Waals surface area contributed by atoms with Crippen LogP contribution in [-0.2, 0) is 6.42 Å². The molecule has 102 valence electrons. The van der Waals surface area contributed by atoms with Gasteiger partial charge in [-0.25, -0.2) is 4.79 Å². The zero-order valence-electron chi connectivity index (χ0n) is 11.1. The number of ether oxygens (including phenoxy) is 2. The van der Waals surface area contributed by atoms with Gasteiger partial charge in [-0.05, 0) is 19.1 Å². The molecule has 0 bridgehead atoms. The van der Waals surface area contributed by atoms with Crippen molar-refractivity contribution in [2.75, 3.05) is 14.2 Å². The lowest BCUT2D eigenvalue weighted by Crippen LogP contribution is -2.14. The lowest BCUT2D eigenvalue weighted by molar-refractivity contribution is 0.194. The number of rotatable bonds is 4. The van der Waals surface area contributed by atoms with Crippen LogP contribution in [0.5, 0.6) is 11.5 Å². The van der Waals surface area contributed by atoms with Gasteiger partial charge in [0.25, 0.3) is 0 Å². The van der Waals surface area contributed by atoms with E-state index in [1.165, 1.54) is 7.11 Å². The van der Waals surface area contributed by atoms with Crippen LogP contribution in [0.1, 0.15) is 12.5 Å². The summed E-state index contributed by atoms with van der Waals surface area (Å²) in [4.78, 5) is 11.8. The van der Waals surface area contributed by atoms with Crippen LogP contribution in [0, 0.1) is 0 Å². The summed E-state index contributed by atoms with van der Waals surface area (Å²) >= 11 is 0. The molecule has 19 heavy (non-hydrogen) atoms. The quantitative estimate of drug-likeness (QED) is 0.852. The van der Waals surface area contributed by atoms with Gasteiger partial charge >= 0.3 is 5.63 Å². The molecule has 5 heteroatoms. The molecule has 0 radical (unpaired) electrons. The van der Waals surface area contributed by atoms with E-state index in [9.17, 15) is 9.90 Å². The van der Waals surface area contributed by atoms with Crippen LogP contribution >= 0.6 is 0 Å². The molecule has 0 aliphatic carbocycles. The highest BCUT2D eigenvalue weighted by molar-refractivity contribution is 5.84. The maximum Gasteiger partial charge on any atom is 0.339 e. The van der Waals surface area contributed by atoms with E-state index in [1.54, 1.807) is 32.2 Å². The lowest BCUT2D eigenvalue weighted by atomic mass is 10.1. The first-order valence-corrected chi connectivity index (χ1v) is 5.92. The smallest absolute Gasteiger partial charge is 0.339 e. The van der Waals surface area contributed by atoms with E-state index in [0.29, 0.717) is 28.0 Å². The molecule has 1 N–H and O–H groups in total. The predicted octanol–water partition coefficient (Wildman–Crippen LogP) is 1.73. The van der Waals surface area contributed by atoms with Gasteiger partial charge in [-0.3, -0.25) is 0 Å². The van der Waals surface area contributed by atoms with E-state index in [2.05, 4.69) is 0 Å². The Balaban J connectivity index is 2.67. The average Bonchev–Trinajstić information content (AvgIpc) is 2.38. The van der Waals surface area contributed by atoms with Crippen LogP contribution < -0.4 is 15.1 Å². The summed E-state index contributed by atoms with van der Waals surface area (Å²) in [6, 6.07) is 5.10. The van der Waals surface area contributed by atoms with Crippen molar-refractivity contribution in [3.8, 4) is 11.5 Å². The molecular formula is C14H16O5. The number of hydrogen-bond acceptors (Lipinski definition) is 5. The Labute approximate surface area is 110 Å². The largest absolute Gasteiger partial charge is 0.497 e. The van der Waals surface area contributed by atoms with Gasteiger partial charge in [-0.2, -0.15) is 0 Å². The SMILES string of the molecule is COc1cc(OC)c2oc(=O)c(C[C@H](C)O)cc2c1. The molecule has 0 aliphatic heterocycles. The van der Waals surface area contributed by atoms with Gasteiger partial charge in [-0.1, -0.05) is 0 Å². The van der Waals surface area contributed by atoms with Gasteiger partial charge < -0.3 is 19.0 Å². The molecule has 0 unspecified atom stereocenters. The molecule has 5 nitrogen and oxygen atoms in total. The third kappa shape index (κ3) is 2.71. The van der Waals surface area contributed by atoms with Crippen molar-refractivity contribution in [1.82, 2.24) is 0 Å². The normalized spacial score (nSPS) is 12.4. The first-order valence-electron chi connectivity index (χ1n) is 5.92. The first kappa shape index (κ1) is 13.4. The Hall–Kier alpha value is -2.01. The zero-order valence-corrected chi connectivity index (χ0v) is 11.1. The third-order valence-corrected chi connectivity index (χ3v) is 2.81. The van der Waals surface area contributed by atoms with Crippen molar-refractivity contribution in [2.45, 2.75) is 19.4 Å². The lowest BCUT2D eigenvalue weighted by Gasteiger charge is -2.09. The van der Waals surface area contributed by atoms with E-state index in [0.717, 1.165) is 0 Å². The highest BCUT2D eigenvalue weighted by Gasteiger charge is 2.12. The topological polar surface area (TPSA) is 68.9 Å². The molecule has 0 saturated heterocycles. The van der Waals surface area contributed by atoms with Crippen LogP contribution in [0.25, 0.3) is 11.0 Å². The molecule has 0 fully saturated rings. The monoisotopic (exact) mass is 264 g/mol. The molecule has 0 aliphatic rings. The summed E-state index contributed by atoms with van der Waals surface area (Å²) < 4.78 is 15.6. The van der Waals surface area contributed by atoms with Crippen LogP contribution in [0.2, 0.25) is 0 Å². The molecule has 0 amide bonds. The van der Waals surface area contributed by atoms with E-state index in [4.69, 9.17) is 13.9 Å². The highest BCUT2D eigenvalue weighted by Crippen LogP contribution is 2.30. The van der Waals surface area contributed by atoms with E-state index < -0.39 is 11.7 Å². The first-order chi connectivity index (χ1) is 9.05. The Morgan fingerprint density at radius 3 is 2.58 bits per heavy atom. The Kier molecular flexibility index (Phi) is 3.76. The standard InChI is InChI=1S/C14H16O5/c1-8(15)4-10-5-9-6-11(17-2)7-12(18-3)13(9)19-14(10)16/h5-8,15H,4H2,1-3H3/t8-/m0/s1. The molecule has 0 saturated carbocycles. The van der Waals surface area contributed by atoms with E-state index >= 15 is 0 Å². The minimum atomic E-state index is -0.604. The number of aliphatic hydroxyl groups is 1. The van der Waals surface area contributed by atoms with Gasteiger partial charge in [0.05, 0.1) is 20.3 Å². The Morgan fingerprint density at radius 1 is 1.26 bits per heavy atom. The summed E-state index contributed by atoms with van der Waals surface area (Å²) in [7, 11) is 3.05. The number of benzene rings is 1. The Morgan fingerprint density at radius 2 is 2.00 bits per heavy atom. The molecule has 0 spiro atoms. The van der Waals surface area contributed by atoms with E-state index in [1.807, 2.05) is 0 Å². The van der Waals surface area contributed by atoms with E-state index in [-0.39, 0.29) is 6.42 Å². The Bertz CT molecular complexity index is 642. The molecule has 2 aromatic rings. The molecule has 1 atom stereocenters. The van der Waals surface area contributed by atoms with Crippen LogP contribution in [0.15, 0.2) is 27.4 Å². The summed E-state index contributed by atoms with van der Waals surface area (Å²) in [6.07, 6.45) is -0.356. The second kappa shape index (κ2) is 5.32. The molecule has 1 aromatic carbocycles. The van der Waals surface area contributed by atoms with Gasteiger partial charge in [0.1, 0.15) is 5.75 Å². The predicted molar refractivity (Wildman–Crippen MR) is 71.0 cm³/mol. The van der Waals surface area contributed by atoms with Crippen LogP contribution in [0.3, 0.4) is 0 Å². The van der Waals surface area contributed by atoms with Gasteiger partial charge in [0, 0.05) is 23.4 Å². The highest BCUT2D eigenvalue weighted by atomic mass is 16.5. The van der Waals surface area contributed by atoms with Crippen LogP contribution in [0.4, 0.5) is 0 Å². The second-order valence-electron chi connectivity index (χ2n) is 4.36. The number of hydrogen-bond donors (Lipinski definition) is 1. The zero-order chi connectivity index (χ0) is 14.0. The average molecular weight is 264 g/mol. The van der Waals surface area contributed by atoms with Gasteiger partial charge in [0.15, 0.2) is 11.3 Å². The fourth-order valence-electron chi connectivity index (χ4n) is 1.95. The second-order valence-corrected chi connectivity index (χ2v) is 4.36. The van der Waals surface area contributed by atoms with Gasteiger partial charge in [-0.15, -0.1) is 0 Å². The van der Waals surface area contributed by atoms with Crippen molar-refractivity contribution in [2.24, 2.45) is 0 Å². The van der Waals surface area contributed by atoms with Crippen molar-refractivity contribution < 1.29 is 19.0 Å². The fraction of sp³-hybridized carbons (Fsp3) is 0.357. The molecular weight excluding hydrogens is 248 g/mol. The van der Waals surface area contributed by atoms with Crippen molar-refractivity contribution in [3.63, 3.8) is 0 Å². The molecule has 1 aromatic heterocycles.